The molecule has 0 aromatic carbocycles. The number of hydrogen-bond acceptors (Lipinski definition) is 7. The summed E-state index contributed by atoms with van der Waals surface area (Å²) in [4.78, 5) is 41.7. The average Bonchev–Trinajstić information content (AvgIpc) is 3.26. The summed E-state index contributed by atoms with van der Waals surface area (Å²) in [5.74, 6) is 0.0779. The fourth-order valence-corrected chi connectivity index (χ4v) is 3.26. The van der Waals surface area contributed by atoms with Crippen molar-refractivity contribution in [2.45, 2.75) is 32.1 Å². The molecule has 4 heterocycles. The van der Waals surface area contributed by atoms with Crippen molar-refractivity contribution in [2.75, 3.05) is 13.1 Å². The Kier molecular flexibility index (Phi) is 5.71. The molecule has 0 spiro atoms. The minimum atomic E-state index is -0.460. The number of rotatable bonds is 6. The molecule has 10 heteroatoms. The van der Waals surface area contributed by atoms with E-state index in [1.165, 1.54) is 23.5 Å². The van der Waals surface area contributed by atoms with E-state index in [0.717, 1.165) is 18.4 Å². The Hall–Kier alpha value is -3.40. The maximum Gasteiger partial charge on any atom is 0.263 e. The average molecular weight is 395 g/mol. The zero-order valence-electron chi connectivity index (χ0n) is 15.8. The van der Waals surface area contributed by atoms with Gasteiger partial charge in [0.1, 0.15) is 30.6 Å². The van der Waals surface area contributed by atoms with Crippen LogP contribution in [0.4, 0.5) is 0 Å². The van der Waals surface area contributed by atoms with Crippen LogP contribution in [-0.4, -0.2) is 59.7 Å². The van der Waals surface area contributed by atoms with Crippen molar-refractivity contribution >= 4 is 5.91 Å². The molecule has 1 N–H and O–H groups in total. The number of likely N-dealkylation sites (tertiary alicyclic amines) is 1. The molecule has 0 radical (unpaired) electrons. The second-order valence-electron chi connectivity index (χ2n) is 6.85. The summed E-state index contributed by atoms with van der Waals surface area (Å²) in [7, 11) is 0. The van der Waals surface area contributed by atoms with Gasteiger partial charge in [0.05, 0.1) is 12.7 Å². The fourth-order valence-electron chi connectivity index (χ4n) is 3.26. The third-order valence-electron chi connectivity index (χ3n) is 4.73. The van der Waals surface area contributed by atoms with Gasteiger partial charge in [-0.05, 0) is 24.5 Å². The van der Waals surface area contributed by atoms with Crippen LogP contribution in [0, 0.1) is 0 Å². The topological polar surface area (TPSA) is 119 Å². The van der Waals surface area contributed by atoms with Gasteiger partial charge in [0.15, 0.2) is 0 Å². The summed E-state index contributed by atoms with van der Waals surface area (Å²) < 4.78 is 7.48. The number of pyridine rings is 1. The minimum Gasteiger partial charge on any atom is -0.372 e. The molecule has 1 atom stereocenters. The number of carbonyl (C=O) groups is 1. The summed E-state index contributed by atoms with van der Waals surface area (Å²) in [6.45, 7) is 1.75. The Morgan fingerprint density at radius 3 is 3.00 bits per heavy atom. The van der Waals surface area contributed by atoms with Gasteiger partial charge in [-0.15, -0.1) is 0 Å². The lowest BCUT2D eigenvalue weighted by molar-refractivity contribution is -0.00688. The second-order valence-corrected chi connectivity index (χ2v) is 6.85. The maximum atomic E-state index is 12.8. The van der Waals surface area contributed by atoms with Gasteiger partial charge in [-0.1, -0.05) is 6.07 Å². The van der Waals surface area contributed by atoms with E-state index >= 15 is 0 Å². The van der Waals surface area contributed by atoms with E-state index in [4.69, 9.17) is 4.74 Å². The number of ether oxygens (including phenoxy) is 1. The molecule has 3 aromatic heterocycles. The molecule has 1 saturated heterocycles. The van der Waals surface area contributed by atoms with E-state index in [1.54, 1.807) is 17.3 Å². The van der Waals surface area contributed by atoms with E-state index in [2.05, 4.69) is 25.0 Å². The summed E-state index contributed by atoms with van der Waals surface area (Å²) in [6, 6.07) is 3.81. The van der Waals surface area contributed by atoms with Gasteiger partial charge in [-0.2, -0.15) is 5.10 Å². The highest BCUT2D eigenvalue weighted by Crippen LogP contribution is 2.16. The summed E-state index contributed by atoms with van der Waals surface area (Å²) in [5.41, 5.74) is 0.554. The van der Waals surface area contributed by atoms with E-state index < -0.39 is 5.56 Å². The number of nitrogens with zero attached hydrogens (tertiary/aromatic N) is 6. The monoisotopic (exact) mass is 395 g/mol. The van der Waals surface area contributed by atoms with Gasteiger partial charge in [-0.3, -0.25) is 14.6 Å². The SMILES string of the molecule is O=C(c1cnc(Cn2cncn2)[nH]c1=O)N1CCCC(OCc2cccnc2)C1. The van der Waals surface area contributed by atoms with Crippen LogP contribution in [0.1, 0.15) is 34.6 Å². The third-order valence-corrected chi connectivity index (χ3v) is 4.73. The van der Waals surface area contributed by atoms with Crippen LogP contribution < -0.4 is 5.56 Å². The lowest BCUT2D eigenvalue weighted by Crippen LogP contribution is -2.44. The smallest absolute Gasteiger partial charge is 0.263 e. The third kappa shape index (κ3) is 4.72. The molecule has 0 bridgehead atoms. The lowest BCUT2D eigenvalue weighted by Gasteiger charge is -2.32. The van der Waals surface area contributed by atoms with Gasteiger partial charge in [0, 0.05) is 31.7 Å². The molecule has 1 unspecified atom stereocenters. The van der Waals surface area contributed by atoms with Crippen molar-refractivity contribution in [3.8, 4) is 0 Å². The van der Waals surface area contributed by atoms with Gasteiger partial charge in [-0.25, -0.2) is 14.6 Å². The van der Waals surface area contributed by atoms with Crippen molar-refractivity contribution < 1.29 is 9.53 Å². The van der Waals surface area contributed by atoms with Crippen molar-refractivity contribution in [1.82, 2.24) is 34.6 Å². The van der Waals surface area contributed by atoms with E-state index in [0.29, 0.717) is 25.5 Å². The molecule has 1 amide bonds. The van der Waals surface area contributed by atoms with Crippen molar-refractivity contribution in [2.24, 2.45) is 0 Å². The number of amides is 1. The first kappa shape index (κ1) is 18.9. The predicted octanol–water partition coefficient (Wildman–Crippen LogP) is 0.626. The Morgan fingerprint density at radius 1 is 1.31 bits per heavy atom. The molecule has 0 aliphatic carbocycles. The highest BCUT2D eigenvalue weighted by Gasteiger charge is 2.26. The molecule has 29 heavy (non-hydrogen) atoms. The summed E-state index contributed by atoms with van der Waals surface area (Å²) in [6.07, 6.45) is 9.34. The van der Waals surface area contributed by atoms with Crippen LogP contribution in [0.25, 0.3) is 0 Å². The van der Waals surface area contributed by atoms with E-state index in [9.17, 15) is 9.59 Å². The number of hydrogen-bond donors (Lipinski definition) is 1. The van der Waals surface area contributed by atoms with Crippen LogP contribution in [0.15, 0.2) is 48.2 Å². The van der Waals surface area contributed by atoms with Crippen molar-refractivity contribution in [1.29, 1.82) is 0 Å². The van der Waals surface area contributed by atoms with E-state index in [1.807, 2.05) is 12.1 Å². The zero-order valence-corrected chi connectivity index (χ0v) is 15.8. The summed E-state index contributed by atoms with van der Waals surface area (Å²) in [5, 5.41) is 3.97. The lowest BCUT2D eigenvalue weighted by atomic mass is 10.1. The van der Waals surface area contributed by atoms with Gasteiger partial charge < -0.3 is 14.6 Å². The van der Waals surface area contributed by atoms with Gasteiger partial charge in [0.25, 0.3) is 11.5 Å². The number of nitrogens with one attached hydrogen (secondary N) is 1. The molecule has 1 aliphatic heterocycles. The van der Waals surface area contributed by atoms with Crippen LogP contribution >= 0.6 is 0 Å². The highest BCUT2D eigenvalue weighted by molar-refractivity contribution is 5.93. The van der Waals surface area contributed by atoms with E-state index in [-0.39, 0.29) is 24.1 Å². The first-order valence-corrected chi connectivity index (χ1v) is 9.39. The molecular formula is C19H21N7O3. The molecule has 4 rings (SSSR count). The van der Waals surface area contributed by atoms with Gasteiger partial charge in [0.2, 0.25) is 0 Å². The van der Waals surface area contributed by atoms with Crippen LogP contribution in [-0.2, 0) is 17.9 Å². The van der Waals surface area contributed by atoms with Crippen LogP contribution in [0.2, 0.25) is 0 Å². The van der Waals surface area contributed by atoms with Gasteiger partial charge >= 0.3 is 0 Å². The minimum absolute atomic E-state index is 0.0280. The Morgan fingerprint density at radius 2 is 2.24 bits per heavy atom. The number of H-pyrrole nitrogens is 1. The largest absolute Gasteiger partial charge is 0.372 e. The standard InChI is InChI=1S/C19H21N7O3/c27-18-16(8-22-17(24-18)10-26-13-21-12-23-26)19(28)25-6-2-4-15(9-25)29-11-14-3-1-5-20-7-14/h1,3,5,7-8,12-13,15H,2,4,6,9-11H2,(H,22,24,27). The second kappa shape index (κ2) is 8.74. The first-order chi connectivity index (χ1) is 14.2. The molecule has 3 aromatic rings. The van der Waals surface area contributed by atoms with Crippen molar-refractivity contribution in [3.63, 3.8) is 0 Å². The molecule has 1 aliphatic rings. The number of piperidine rings is 1. The Balaban J connectivity index is 1.38. The Labute approximate surface area is 166 Å². The van der Waals surface area contributed by atoms with Crippen LogP contribution in [0.3, 0.4) is 0 Å². The number of aromatic amines is 1. The first-order valence-electron chi connectivity index (χ1n) is 9.39. The normalized spacial score (nSPS) is 16.7. The molecule has 1 fully saturated rings. The number of aromatic nitrogens is 6. The zero-order chi connectivity index (χ0) is 20.1. The number of carbonyl (C=O) groups excluding carboxylic acids is 1. The molecule has 0 saturated carbocycles. The maximum absolute atomic E-state index is 12.8. The molecule has 150 valence electrons. The fraction of sp³-hybridized carbons (Fsp3) is 0.368. The van der Waals surface area contributed by atoms with Crippen molar-refractivity contribution in [3.05, 3.63) is 70.7 Å². The highest BCUT2D eigenvalue weighted by atomic mass is 16.5. The van der Waals surface area contributed by atoms with Crippen LogP contribution in [0.5, 0.6) is 0 Å². The predicted molar refractivity (Wildman–Crippen MR) is 102 cm³/mol. The molecular weight excluding hydrogens is 374 g/mol. The quantitative estimate of drug-likeness (QED) is 0.650. The Bertz CT molecular complexity index is 1000. The summed E-state index contributed by atoms with van der Waals surface area (Å²) >= 11 is 0. The molecule has 10 nitrogen and oxygen atoms in total.